The molecule has 1 aromatic carbocycles. The standard InChI is InChI=1S/C19H26N2O3/c1-4-24-15-9-8-13(11-16(15)23-3)12-20-21-18(22)17-14-7-5-6-10-19(14,17)2/h8-9,11-12,14,17H,4-7,10H2,1-3H3,(H,21,22)/b20-12-/t14-,17-,19+/m0/s1. The van der Waals surface area contributed by atoms with E-state index in [0.717, 1.165) is 12.0 Å². The number of carbonyl (C=O) groups is 1. The number of ether oxygens (including phenoxy) is 2. The molecule has 1 amide bonds. The molecule has 0 saturated heterocycles. The normalized spacial score (nSPS) is 28.3. The molecular formula is C19H26N2O3. The van der Waals surface area contributed by atoms with E-state index < -0.39 is 0 Å². The zero-order valence-corrected chi connectivity index (χ0v) is 14.7. The van der Waals surface area contributed by atoms with Crippen LogP contribution in [0.4, 0.5) is 0 Å². The maximum absolute atomic E-state index is 12.4. The molecule has 5 heteroatoms. The lowest BCUT2D eigenvalue weighted by molar-refractivity contribution is -0.123. The number of nitrogens with zero attached hydrogens (tertiary/aromatic N) is 1. The fourth-order valence-electron chi connectivity index (χ4n) is 4.13. The first-order valence-corrected chi connectivity index (χ1v) is 8.74. The van der Waals surface area contributed by atoms with Crippen molar-refractivity contribution in [3.63, 3.8) is 0 Å². The second kappa shape index (κ2) is 6.83. The molecule has 5 nitrogen and oxygen atoms in total. The number of carbonyl (C=O) groups excluding carboxylic acids is 1. The predicted octanol–water partition coefficient (Wildman–Crippen LogP) is 3.37. The number of nitrogens with one attached hydrogen (secondary N) is 1. The van der Waals surface area contributed by atoms with Crippen LogP contribution in [-0.2, 0) is 4.79 Å². The van der Waals surface area contributed by atoms with Gasteiger partial charge in [-0.2, -0.15) is 5.10 Å². The number of hydrazone groups is 1. The largest absolute Gasteiger partial charge is 0.493 e. The van der Waals surface area contributed by atoms with E-state index in [4.69, 9.17) is 9.47 Å². The summed E-state index contributed by atoms with van der Waals surface area (Å²) in [5.41, 5.74) is 3.78. The molecule has 2 aliphatic rings. The van der Waals surface area contributed by atoms with Crippen molar-refractivity contribution in [1.29, 1.82) is 0 Å². The topological polar surface area (TPSA) is 59.9 Å². The Kier molecular flexibility index (Phi) is 4.78. The zero-order chi connectivity index (χ0) is 17.2. The number of benzene rings is 1. The number of hydrogen-bond acceptors (Lipinski definition) is 4. The highest BCUT2D eigenvalue weighted by atomic mass is 16.5. The summed E-state index contributed by atoms with van der Waals surface area (Å²) in [6.45, 7) is 4.75. The molecule has 2 saturated carbocycles. The van der Waals surface area contributed by atoms with E-state index in [9.17, 15) is 4.79 Å². The van der Waals surface area contributed by atoms with E-state index in [-0.39, 0.29) is 17.2 Å². The van der Waals surface area contributed by atoms with Gasteiger partial charge in [0.25, 0.3) is 0 Å². The van der Waals surface area contributed by atoms with E-state index in [1.807, 2.05) is 25.1 Å². The molecule has 0 bridgehead atoms. The number of methoxy groups -OCH3 is 1. The first-order valence-electron chi connectivity index (χ1n) is 8.74. The first-order chi connectivity index (χ1) is 11.6. The van der Waals surface area contributed by atoms with Crippen LogP contribution in [0.3, 0.4) is 0 Å². The van der Waals surface area contributed by atoms with Gasteiger partial charge in [-0.25, -0.2) is 5.43 Å². The molecule has 0 heterocycles. The minimum Gasteiger partial charge on any atom is -0.493 e. The van der Waals surface area contributed by atoms with Crippen molar-refractivity contribution in [2.75, 3.05) is 13.7 Å². The molecule has 0 aliphatic heterocycles. The highest BCUT2D eigenvalue weighted by Gasteiger charge is 2.64. The lowest BCUT2D eigenvalue weighted by Crippen LogP contribution is -2.22. The van der Waals surface area contributed by atoms with Crippen LogP contribution < -0.4 is 14.9 Å². The molecule has 2 aliphatic carbocycles. The number of amides is 1. The molecule has 130 valence electrons. The van der Waals surface area contributed by atoms with Gasteiger partial charge in [0.05, 0.1) is 19.9 Å². The van der Waals surface area contributed by atoms with E-state index in [0.29, 0.717) is 24.0 Å². The van der Waals surface area contributed by atoms with Crippen molar-refractivity contribution < 1.29 is 14.3 Å². The molecule has 1 N–H and O–H groups in total. The van der Waals surface area contributed by atoms with E-state index in [1.165, 1.54) is 19.3 Å². The fourth-order valence-corrected chi connectivity index (χ4v) is 4.13. The van der Waals surface area contributed by atoms with Crippen molar-refractivity contribution in [2.24, 2.45) is 22.4 Å². The Labute approximate surface area is 143 Å². The molecule has 2 fully saturated rings. The Hall–Kier alpha value is -2.04. The van der Waals surface area contributed by atoms with E-state index in [1.54, 1.807) is 13.3 Å². The van der Waals surface area contributed by atoms with Gasteiger partial charge in [-0.05, 0) is 54.9 Å². The summed E-state index contributed by atoms with van der Waals surface area (Å²) < 4.78 is 10.8. The van der Waals surface area contributed by atoms with Gasteiger partial charge in [0.1, 0.15) is 0 Å². The Morgan fingerprint density at radius 2 is 2.25 bits per heavy atom. The summed E-state index contributed by atoms with van der Waals surface area (Å²) in [5.74, 6) is 2.10. The third-order valence-corrected chi connectivity index (χ3v) is 5.49. The summed E-state index contributed by atoms with van der Waals surface area (Å²) in [7, 11) is 1.61. The Morgan fingerprint density at radius 3 is 2.92 bits per heavy atom. The van der Waals surface area contributed by atoms with Crippen LogP contribution in [0, 0.1) is 17.3 Å². The highest BCUT2D eigenvalue weighted by Crippen LogP contribution is 2.66. The average molecular weight is 330 g/mol. The quantitative estimate of drug-likeness (QED) is 0.642. The first kappa shape index (κ1) is 16.8. The van der Waals surface area contributed by atoms with Crippen molar-refractivity contribution in [1.82, 2.24) is 5.43 Å². The van der Waals surface area contributed by atoms with Crippen molar-refractivity contribution >= 4 is 12.1 Å². The third kappa shape index (κ3) is 3.12. The SMILES string of the molecule is CCOc1ccc(/C=N\NC(=O)[C@@H]2[C@@H]3CCCC[C@@]23C)cc1OC. The van der Waals surface area contributed by atoms with Gasteiger partial charge in [-0.1, -0.05) is 19.8 Å². The lowest BCUT2D eigenvalue weighted by atomic mass is 9.90. The van der Waals surface area contributed by atoms with Gasteiger partial charge in [-0.3, -0.25) is 4.79 Å². The second-order valence-corrected chi connectivity index (χ2v) is 6.91. The summed E-state index contributed by atoms with van der Waals surface area (Å²) in [6.07, 6.45) is 6.47. The summed E-state index contributed by atoms with van der Waals surface area (Å²) in [6, 6.07) is 5.59. The molecule has 0 unspecified atom stereocenters. The third-order valence-electron chi connectivity index (χ3n) is 5.49. The van der Waals surface area contributed by atoms with Gasteiger partial charge in [0.15, 0.2) is 11.5 Å². The van der Waals surface area contributed by atoms with Crippen LogP contribution in [0.5, 0.6) is 11.5 Å². The molecule has 3 rings (SSSR count). The Bertz CT molecular complexity index is 643. The van der Waals surface area contributed by atoms with Crippen molar-refractivity contribution in [2.45, 2.75) is 39.5 Å². The van der Waals surface area contributed by atoms with Crippen LogP contribution in [0.1, 0.15) is 45.1 Å². The summed E-state index contributed by atoms with van der Waals surface area (Å²) in [4.78, 5) is 12.4. The van der Waals surface area contributed by atoms with Gasteiger partial charge < -0.3 is 9.47 Å². The fraction of sp³-hybridized carbons (Fsp3) is 0.579. The minimum atomic E-state index is 0.0542. The van der Waals surface area contributed by atoms with Crippen LogP contribution in [0.2, 0.25) is 0 Å². The summed E-state index contributed by atoms with van der Waals surface area (Å²) >= 11 is 0. The van der Waals surface area contributed by atoms with Crippen LogP contribution in [0.15, 0.2) is 23.3 Å². The average Bonchev–Trinajstić information content (AvgIpc) is 3.21. The van der Waals surface area contributed by atoms with Crippen LogP contribution in [0.25, 0.3) is 0 Å². The van der Waals surface area contributed by atoms with Crippen LogP contribution >= 0.6 is 0 Å². The lowest BCUT2D eigenvalue weighted by Gasteiger charge is -2.15. The number of fused-ring (bicyclic) bond motifs is 1. The molecule has 3 atom stereocenters. The van der Waals surface area contributed by atoms with Crippen molar-refractivity contribution in [3.8, 4) is 11.5 Å². The number of rotatable bonds is 6. The van der Waals surface area contributed by atoms with Crippen LogP contribution in [-0.4, -0.2) is 25.8 Å². The molecular weight excluding hydrogens is 304 g/mol. The molecule has 0 aromatic heterocycles. The molecule has 1 aromatic rings. The smallest absolute Gasteiger partial charge is 0.244 e. The van der Waals surface area contributed by atoms with Gasteiger partial charge in [0, 0.05) is 5.92 Å². The number of hydrogen-bond donors (Lipinski definition) is 1. The monoisotopic (exact) mass is 330 g/mol. The zero-order valence-electron chi connectivity index (χ0n) is 14.7. The second-order valence-electron chi connectivity index (χ2n) is 6.91. The van der Waals surface area contributed by atoms with E-state index >= 15 is 0 Å². The molecule has 24 heavy (non-hydrogen) atoms. The maximum atomic E-state index is 12.4. The Balaban J connectivity index is 1.59. The van der Waals surface area contributed by atoms with Gasteiger partial charge >= 0.3 is 0 Å². The molecule has 0 spiro atoms. The maximum Gasteiger partial charge on any atom is 0.244 e. The summed E-state index contributed by atoms with van der Waals surface area (Å²) in [5, 5.41) is 4.12. The van der Waals surface area contributed by atoms with Crippen molar-refractivity contribution in [3.05, 3.63) is 23.8 Å². The highest BCUT2D eigenvalue weighted by molar-refractivity contribution is 5.86. The van der Waals surface area contributed by atoms with E-state index in [2.05, 4.69) is 17.5 Å². The Morgan fingerprint density at radius 1 is 1.42 bits per heavy atom. The molecule has 0 radical (unpaired) electrons. The van der Waals surface area contributed by atoms with Gasteiger partial charge in [-0.15, -0.1) is 0 Å². The predicted molar refractivity (Wildman–Crippen MR) is 93.5 cm³/mol. The van der Waals surface area contributed by atoms with Gasteiger partial charge in [0.2, 0.25) is 5.91 Å². The minimum absolute atomic E-state index is 0.0542.